The SMILES string of the molecule is CC(CC=O)(C(=O)O)c1cc(-c2c[nH]c3ncccc23)co1. The number of carboxylic acid groups (broad SMARTS) is 1. The monoisotopic (exact) mass is 298 g/mol. The molecule has 0 aliphatic rings. The Morgan fingerprint density at radius 3 is 3.09 bits per heavy atom. The van der Waals surface area contributed by atoms with Crippen molar-refractivity contribution in [2.45, 2.75) is 18.8 Å². The van der Waals surface area contributed by atoms with Gasteiger partial charge in [0.15, 0.2) is 0 Å². The van der Waals surface area contributed by atoms with E-state index in [-0.39, 0.29) is 12.2 Å². The van der Waals surface area contributed by atoms with Gasteiger partial charge in [-0.15, -0.1) is 0 Å². The van der Waals surface area contributed by atoms with Gasteiger partial charge in [0, 0.05) is 35.3 Å². The number of carboxylic acids is 1. The molecule has 0 radical (unpaired) electrons. The van der Waals surface area contributed by atoms with Crippen molar-refractivity contribution in [2.75, 3.05) is 0 Å². The minimum atomic E-state index is -1.37. The second-order valence-corrected chi connectivity index (χ2v) is 5.31. The molecule has 112 valence electrons. The predicted octanol–water partition coefficient (Wildman–Crippen LogP) is 2.75. The van der Waals surface area contributed by atoms with E-state index in [2.05, 4.69) is 9.97 Å². The number of aromatic nitrogens is 2. The summed E-state index contributed by atoms with van der Waals surface area (Å²) in [5, 5.41) is 10.3. The Balaban J connectivity index is 2.07. The van der Waals surface area contributed by atoms with Crippen molar-refractivity contribution >= 4 is 23.3 Å². The van der Waals surface area contributed by atoms with Crippen LogP contribution in [0.15, 0.2) is 41.3 Å². The maximum Gasteiger partial charge on any atom is 0.317 e. The van der Waals surface area contributed by atoms with Gasteiger partial charge < -0.3 is 19.3 Å². The number of aldehydes is 1. The van der Waals surface area contributed by atoms with Crippen molar-refractivity contribution in [3.63, 3.8) is 0 Å². The Bertz CT molecular complexity index is 849. The fourth-order valence-corrected chi connectivity index (χ4v) is 2.42. The minimum absolute atomic E-state index is 0.148. The van der Waals surface area contributed by atoms with E-state index in [0.717, 1.165) is 22.2 Å². The van der Waals surface area contributed by atoms with Gasteiger partial charge in [-0.2, -0.15) is 0 Å². The molecular formula is C16H14N2O4. The van der Waals surface area contributed by atoms with Crippen LogP contribution in [0.5, 0.6) is 0 Å². The molecule has 0 bridgehead atoms. The van der Waals surface area contributed by atoms with Crippen molar-refractivity contribution in [3.8, 4) is 11.1 Å². The number of hydrogen-bond acceptors (Lipinski definition) is 4. The van der Waals surface area contributed by atoms with Gasteiger partial charge in [0.25, 0.3) is 0 Å². The lowest BCUT2D eigenvalue weighted by atomic mass is 9.84. The first-order valence-electron chi connectivity index (χ1n) is 6.75. The van der Waals surface area contributed by atoms with Crippen LogP contribution in [0.4, 0.5) is 0 Å². The molecule has 6 heteroatoms. The van der Waals surface area contributed by atoms with E-state index in [9.17, 15) is 14.7 Å². The van der Waals surface area contributed by atoms with Gasteiger partial charge in [0.2, 0.25) is 0 Å². The van der Waals surface area contributed by atoms with Crippen LogP contribution < -0.4 is 0 Å². The Labute approximate surface area is 125 Å². The average Bonchev–Trinajstić information content (AvgIpc) is 3.13. The van der Waals surface area contributed by atoms with E-state index < -0.39 is 11.4 Å². The van der Waals surface area contributed by atoms with Crippen LogP contribution in [0, 0.1) is 0 Å². The van der Waals surface area contributed by atoms with Gasteiger partial charge in [-0.25, -0.2) is 4.98 Å². The van der Waals surface area contributed by atoms with Gasteiger partial charge in [0.05, 0.1) is 6.26 Å². The number of pyridine rings is 1. The zero-order valence-electron chi connectivity index (χ0n) is 11.9. The Morgan fingerprint density at radius 1 is 1.55 bits per heavy atom. The normalized spacial score (nSPS) is 13.9. The summed E-state index contributed by atoms with van der Waals surface area (Å²) in [6, 6.07) is 5.41. The van der Waals surface area contributed by atoms with Gasteiger partial charge in [-0.05, 0) is 25.1 Å². The number of carbonyl (C=O) groups is 2. The van der Waals surface area contributed by atoms with Gasteiger partial charge >= 0.3 is 5.97 Å². The predicted molar refractivity (Wildman–Crippen MR) is 79.5 cm³/mol. The fourth-order valence-electron chi connectivity index (χ4n) is 2.42. The number of nitrogens with zero attached hydrogens (tertiary/aromatic N) is 1. The van der Waals surface area contributed by atoms with Gasteiger partial charge in [0.1, 0.15) is 23.1 Å². The number of hydrogen-bond donors (Lipinski definition) is 2. The van der Waals surface area contributed by atoms with Gasteiger partial charge in [-0.1, -0.05) is 0 Å². The first-order chi connectivity index (χ1) is 10.6. The smallest absolute Gasteiger partial charge is 0.317 e. The molecule has 3 aromatic rings. The second-order valence-electron chi connectivity index (χ2n) is 5.31. The number of nitrogens with one attached hydrogen (secondary N) is 1. The first-order valence-corrected chi connectivity index (χ1v) is 6.75. The zero-order chi connectivity index (χ0) is 15.7. The summed E-state index contributed by atoms with van der Waals surface area (Å²) in [6.07, 6.45) is 5.42. The summed E-state index contributed by atoms with van der Waals surface area (Å²) < 4.78 is 5.44. The van der Waals surface area contributed by atoms with E-state index >= 15 is 0 Å². The molecule has 3 rings (SSSR count). The number of carbonyl (C=O) groups excluding carboxylic acids is 1. The number of aliphatic carboxylic acids is 1. The van der Waals surface area contributed by atoms with E-state index in [0.29, 0.717) is 6.29 Å². The molecule has 0 saturated heterocycles. The maximum atomic E-state index is 11.5. The van der Waals surface area contributed by atoms with Crippen molar-refractivity contribution in [1.82, 2.24) is 9.97 Å². The summed E-state index contributed by atoms with van der Waals surface area (Å²) in [6.45, 7) is 1.48. The lowest BCUT2D eigenvalue weighted by Gasteiger charge is -2.18. The standard InChI is InChI=1S/C16H14N2O4/c1-16(4-6-19,15(20)21)13-7-10(9-22-13)12-8-18-14-11(12)3-2-5-17-14/h2-3,5-9H,4H2,1H3,(H,17,18)(H,20,21). The molecule has 0 aliphatic carbocycles. The lowest BCUT2D eigenvalue weighted by molar-refractivity contribution is -0.145. The fraction of sp³-hybridized carbons (Fsp3) is 0.188. The zero-order valence-corrected chi connectivity index (χ0v) is 11.9. The highest BCUT2D eigenvalue weighted by Crippen LogP contribution is 2.34. The molecular weight excluding hydrogens is 284 g/mol. The molecule has 3 aromatic heterocycles. The second kappa shape index (κ2) is 5.14. The maximum absolute atomic E-state index is 11.5. The quantitative estimate of drug-likeness (QED) is 0.706. The molecule has 3 heterocycles. The van der Waals surface area contributed by atoms with Crippen molar-refractivity contribution in [3.05, 3.63) is 42.6 Å². The molecule has 2 N–H and O–H groups in total. The van der Waals surface area contributed by atoms with Crippen LogP contribution in [0.25, 0.3) is 22.2 Å². The van der Waals surface area contributed by atoms with Crippen LogP contribution in [-0.2, 0) is 15.0 Å². The molecule has 0 saturated carbocycles. The molecule has 22 heavy (non-hydrogen) atoms. The third-order valence-corrected chi connectivity index (χ3v) is 3.87. The summed E-state index contributed by atoms with van der Waals surface area (Å²) in [4.78, 5) is 29.5. The molecule has 0 aliphatic heterocycles. The minimum Gasteiger partial charge on any atom is -0.480 e. The van der Waals surface area contributed by atoms with Crippen LogP contribution in [0.2, 0.25) is 0 Å². The van der Waals surface area contributed by atoms with Gasteiger partial charge in [-0.3, -0.25) is 4.79 Å². The topological polar surface area (TPSA) is 96.2 Å². The van der Waals surface area contributed by atoms with E-state index in [1.807, 2.05) is 12.1 Å². The van der Waals surface area contributed by atoms with Crippen LogP contribution in [0.3, 0.4) is 0 Å². The summed E-state index contributed by atoms with van der Waals surface area (Å²) in [7, 11) is 0. The number of H-pyrrole nitrogens is 1. The highest BCUT2D eigenvalue weighted by molar-refractivity contribution is 5.93. The Morgan fingerprint density at radius 2 is 2.36 bits per heavy atom. The number of fused-ring (bicyclic) bond motifs is 1. The van der Waals surface area contributed by atoms with E-state index in [1.165, 1.54) is 13.2 Å². The largest absolute Gasteiger partial charge is 0.480 e. The Hall–Kier alpha value is -2.89. The molecule has 6 nitrogen and oxygen atoms in total. The first kappa shape index (κ1) is 14.1. The highest BCUT2D eigenvalue weighted by Gasteiger charge is 2.38. The van der Waals surface area contributed by atoms with Crippen molar-refractivity contribution < 1.29 is 19.1 Å². The summed E-state index contributed by atoms with van der Waals surface area (Å²) >= 11 is 0. The lowest BCUT2D eigenvalue weighted by Crippen LogP contribution is -2.32. The molecule has 0 aromatic carbocycles. The molecule has 1 atom stereocenters. The number of aromatic amines is 1. The number of furan rings is 1. The third-order valence-electron chi connectivity index (χ3n) is 3.87. The third kappa shape index (κ3) is 2.09. The van der Waals surface area contributed by atoms with E-state index in [1.54, 1.807) is 18.5 Å². The van der Waals surface area contributed by atoms with Crippen molar-refractivity contribution in [1.29, 1.82) is 0 Å². The highest BCUT2D eigenvalue weighted by atomic mass is 16.4. The number of rotatable bonds is 5. The molecule has 1 unspecified atom stereocenters. The molecule has 0 fully saturated rings. The average molecular weight is 298 g/mol. The summed E-state index contributed by atoms with van der Waals surface area (Å²) in [5.41, 5.74) is 0.989. The Kier molecular flexibility index (Phi) is 3.29. The van der Waals surface area contributed by atoms with Crippen LogP contribution in [-0.4, -0.2) is 27.3 Å². The van der Waals surface area contributed by atoms with Crippen molar-refractivity contribution in [2.24, 2.45) is 0 Å². The summed E-state index contributed by atoms with van der Waals surface area (Å²) in [5.74, 6) is -0.846. The molecule has 0 spiro atoms. The van der Waals surface area contributed by atoms with Crippen LogP contribution >= 0.6 is 0 Å². The molecule has 0 amide bonds. The van der Waals surface area contributed by atoms with E-state index in [4.69, 9.17) is 4.42 Å². The van der Waals surface area contributed by atoms with Crippen LogP contribution in [0.1, 0.15) is 19.1 Å².